The third-order valence-electron chi connectivity index (χ3n) is 16.8. The maximum Gasteiger partial charge on any atom is 0.472 e. The fourth-order valence-electron chi connectivity index (χ4n) is 10.7. The van der Waals surface area contributed by atoms with Gasteiger partial charge in [0.1, 0.15) is 19.3 Å². The van der Waals surface area contributed by atoms with Crippen molar-refractivity contribution >= 4 is 39.5 Å². The number of phosphoric ester groups is 2. The van der Waals surface area contributed by atoms with E-state index >= 15 is 0 Å². The first-order valence-corrected chi connectivity index (χ1v) is 42.8. The van der Waals surface area contributed by atoms with E-state index in [1.165, 1.54) is 96.3 Å². The van der Waals surface area contributed by atoms with E-state index in [-0.39, 0.29) is 25.7 Å². The molecule has 0 radical (unpaired) electrons. The molecule has 100 heavy (non-hydrogen) atoms. The van der Waals surface area contributed by atoms with Crippen LogP contribution >= 0.6 is 15.6 Å². The topological polar surface area (TPSA) is 237 Å². The van der Waals surface area contributed by atoms with Crippen LogP contribution in [0.25, 0.3) is 0 Å². The van der Waals surface area contributed by atoms with Gasteiger partial charge in [-0.05, 0) is 148 Å². The summed E-state index contributed by atoms with van der Waals surface area (Å²) in [4.78, 5) is 73.0. The van der Waals surface area contributed by atoms with Gasteiger partial charge in [0.2, 0.25) is 0 Å². The highest BCUT2D eigenvalue weighted by Crippen LogP contribution is 2.45. The van der Waals surface area contributed by atoms with Crippen LogP contribution < -0.4 is 0 Å². The number of esters is 4. The highest BCUT2D eigenvalue weighted by atomic mass is 31.2. The molecule has 0 aliphatic heterocycles. The molecule has 2 unspecified atom stereocenters. The minimum absolute atomic E-state index is 0.0771. The maximum absolute atomic E-state index is 13.1. The molecule has 0 aromatic heterocycles. The summed E-state index contributed by atoms with van der Waals surface area (Å²) in [6.45, 7) is 4.77. The number of phosphoric acid groups is 2. The zero-order chi connectivity index (χ0) is 73.2. The number of carbonyl (C=O) groups is 4. The van der Waals surface area contributed by atoms with Crippen molar-refractivity contribution in [2.45, 2.75) is 367 Å². The Morgan fingerprint density at radius 2 is 0.490 bits per heavy atom. The van der Waals surface area contributed by atoms with Crippen molar-refractivity contribution in [1.82, 2.24) is 0 Å². The van der Waals surface area contributed by atoms with E-state index in [0.717, 1.165) is 173 Å². The molecule has 0 aromatic carbocycles. The van der Waals surface area contributed by atoms with Crippen LogP contribution in [0.2, 0.25) is 0 Å². The van der Waals surface area contributed by atoms with Crippen molar-refractivity contribution in [3.63, 3.8) is 0 Å². The van der Waals surface area contributed by atoms with E-state index in [1.807, 2.05) is 0 Å². The third-order valence-corrected chi connectivity index (χ3v) is 18.7. The summed E-state index contributed by atoms with van der Waals surface area (Å²) in [5.41, 5.74) is 0. The van der Waals surface area contributed by atoms with Gasteiger partial charge in [-0.1, -0.05) is 260 Å². The van der Waals surface area contributed by atoms with Gasteiger partial charge in [-0.2, -0.15) is 0 Å². The van der Waals surface area contributed by atoms with E-state index in [1.54, 1.807) is 0 Å². The molecule has 17 nitrogen and oxygen atoms in total. The van der Waals surface area contributed by atoms with Crippen molar-refractivity contribution in [3.8, 4) is 0 Å². The molecule has 0 spiro atoms. The van der Waals surface area contributed by atoms with Gasteiger partial charge < -0.3 is 33.8 Å². The predicted molar refractivity (Wildman–Crippen MR) is 409 cm³/mol. The monoisotopic (exact) mass is 1450 g/mol. The van der Waals surface area contributed by atoms with E-state index in [4.69, 9.17) is 37.0 Å². The Kier molecular flexibility index (Phi) is 70.8. The van der Waals surface area contributed by atoms with Gasteiger partial charge in [0, 0.05) is 25.7 Å². The fourth-order valence-corrected chi connectivity index (χ4v) is 12.2. The van der Waals surface area contributed by atoms with Crippen LogP contribution in [0.1, 0.15) is 349 Å². The number of hydrogen-bond acceptors (Lipinski definition) is 15. The molecular weight excluding hydrogens is 1310 g/mol. The molecule has 0 saturated carbocycles. The average molecular weight is 1450 g/mol. The normalized spacial score (nSPS) is 14.3. The molecule has 5 atom stereocenters. The molecular formula is C81H144O17P2. The summed E-state index contributed by atoms with van der Waals surface area (Å²) in [5, 5.41) is 10.6. The summed E-state index contributed by atoms with van der Waals surface area (Å²) in [5.74, 6) is -2.20. The largest absolute Gasteiger partial charge is 0.472 e. The average Bonchev–Trinajstić information content (AvgIpc) is 1.01. The Bertz CT molecular complexity index is 2230. The van der Waals surface area contributed by atoms with Crippen molar-refractivity contribution in [1.29, 1.82) is 0 Å². The summed E-state index contributed by atoms with van der Waals surface area (Å²) in [6.07, 6.45) is 75.5. The number of unbranched alkanes of at least 4 members (excludes halogenated alkanes) is 35. The van der Waals surface area contributed by atoms with Crippen molar-refractivity contribution in [2.24, 2.45) is 0 Å². The van der Waals surface area contributed by atoms with Gasteiger partial charge in [-0.25, -0.2) is 9.13 Å². The number of allylic oxidation sites excluding steroid dienone is 14. The number of carbonyl (C=O) groups excluding carboxylic acids is 4. The van der Waals surface area contributed by atoms with Crippen LogP contribution in [0.15, 0.2) is 85.1 Å². The van der Waals surface area contributed by atoms with Crippen LogP contribution in [0.4, 0.5) is 0 Å². The van der Waals surface area contributed by atoms with Crippen molar-refractivity contribution < 1.29 is 80.2 Å². The second-order valence-electron chi connectivity index (χ2n) is 26.6. The van der Waals surface area contributed by atoms with Crippen LogP contribution in [-0.2, 0) is 65.4 Å². The first-order valence-electron chi connectivity index (χ1n) is 39.8. The minimum Gasteiger partial charge on any atom is -0.462 e. The number of aliphatic hydroxyl groups is 1. The molecule has 0 rings (SSSR count). The first-order chi connectivity index (χ1) is 48.7. The first kappa shape index (κ1) is 96.2. The highest BCUT2D eigenvalue weighted by molar-refractivity contribution is 7.47. The van der Waals surface area contributed by atoms with E-state index in [0.29, 0.717) is 25.7 Å². The third kappa shape index (κ3) is 72.6. The smallest absolute Gasteiger partial charge is 0.462 e. The van der Waals surface area contributed by atoms with Gasteiger partial charge in [-0.3, -0.25) is 37.3 Å². The number of ether oxygens (including phenoxy) is 4. The lowest BCUT2D eigenvalue weighted by atomic mass is 10.1. The molecule has 0 aliphatic rings. The molecule has 580 valence electrons. The second-order valence-corrected chi connectivity index (χ2v) is 29.5. The Morgan fingerprint density at radius 3 is 0.750 bits per heavy atom. The summed E-state index contributed by atoms with van der Waals surface area (Å²) < 4.78 is 68.6. The van der Waals surface area contributed by atoms with Crippen LogP contribution in [0, 0.1) is 0 Å². The Labute approximate surface area is 608 Å². The second kappa shape index (κ2) is 73.5. The maximum atomic E-state index is 13.1. The standard InChI is InChI=1S/C81H144O17P2/c1-5-9-13-17-21-25-29-33-37-41-45-49-53-57-61-65-78(83)91-71-76(97-80(85)67-63-59-55-51-47-43-39-35-31-27-23-19-15-11-7-3)73-95-99(87,88)93-69-75(82)70-94-100(89,90)96-74-77(98-81(86)68-64-60-56-52-48-44-40-36-32-28-24-20-16-12-8-4)72-92-79(84)66-62-58-54-50-46-42-38-34-30-26-22-18-14-10-6-2/h21-28,33-35,37-39,75-77,82H,5-20,29-32,36,40-74H2,1-4H3,(H,87,88)(H,89,90)/b25-21+,26-22+,27-23+,28-24+,37-33+,38-34+,39-35+/t75-,76+,77+/m0/s1. The number of hydrogen-bond donors (Lipinski definition) is 3. The van der Waals surface area contributed by atoms with Crippen LogP contribution in [0.5, 0.6) is 0 Å². The Hall–Kier alpha value is -3.76. The van der Waals surface area contributed by atoms with Gasteiger partial charge in [-0.15, -0.1) is 0 Å². The van der Waals surface area contributed by atoms with Crippen LogP contribution in [0.3, 0.4) is 0 Å². The van der Waals surface area contributed by atoms with Crippen molar-refractivity contribution in [3.05, 3.63) is 85.1 Å². The Morgan fingerprint density at radius 1 is 0.280 bits per heavy atom. The Balaban J connectivity index is 5.38. The lowest BCUT2D eigenvalue weighted by Crippen LogP contribution is -2.30. The highest BCUT2D eigenvalue weighted by Gasteiger charge is 2.30. The number of rotatable bonds is 75. The zero-order valence-electron chi connectivity index (χ0n) is 63.4. The molecule has 3 N–H and O–H groups in total. The van der Waals surface area contributed by atoms with E-state index in [2.05, 4.69) is 113 Å². The predicted octanol–water partition coefficient (Wildman–Crippen LogP) is 23.0. The molecule has 0 aliphatic carbocycles. The van der Waals surface area contributed by atoms with Gasteiger partial charge in [0.25, 0.3) is 0 Å². The molecule has 0 aromatic rings. The van der Waals surface area contributed by atoms with Gasteiger partial charge >= 0.3 is 39.5 Å². The van der Waals surface area contributed by atoms with Crippen molar-refractivity contribution in [2.75, 3.05) is 39.6 Å². The van der Waals surface area contributed by atoms with Gasteiger partial charge in [0.05, 0.1) is 26.4 Å². The number of aliphatic hydroxyl groups excluding tert-OH is 1. The summed E-state index contributed by atoms with van der Waals surface area (Å²) >= 11 is 0. The molecule has 0 fully saturated rings. The fraction of sp³-hybridized carbons (Fsp3) is 0.778. The SMILES string of the molecule is CCCCC/C=C/C/C=C/CCCCCCCC(=O)OC[C@H](COP(=O)(O)OC[C@H](O)COP(=O)(O)OC[C@@H](COC(=O)CCCCCCC/C=C/C/C=C/CCCCC)OC(=O)CCCCCCCCCC/C=C/CCCCC)OC(=O)CCCCCCC/C=C/C/C=C/CCCCC. The molecule has 0 bridgehead atoms. The molecule has 19 heteroatoms. The van der Waals surface area contributed by atoms with Gasteiger partial charge in [0.15, 0.2) is 12.2 Å². The van der Waals surface area contributed by atoms with E-state index < -0.39 is 97.5 Å². The minimum atomic E-state index is -4.98. The summed E-state index contributed by atoms with van der Waals surface area (Å²) in [6, 6.07) is 0. The molecule has 0 amide bonds. The lowest BCUT2D eigenvalue weighted by molar-refractivity contribution is -0.161. The summed E-state index contributed by atoms with van der Waals surface area (Å²) in [7, 11) is -9.96. The quantitative estimate of drug-likeness (QED) is 0.0169. The zero-order valence-corrected chi connectivity index (χ0v) is 65.2. The van der Waals surface area contributed by atoms with Crippen LogP contribution in [-0.4, -0.2) is 96.7 Å². The molecule has 0 saturated heterocycles. The molecule has 0 heterocycles. The van der Waals surface area contributed by atoms with E-state index in [9.17, 15) is 43.2 Å². The lowest BCUT2D eigenvalue weighted by Gasteiger charge is -2.21.